The quantitative estimate of drug-likeness (QED) is 0.515. The van der Waals surface area contributed by atoms with Crippen LogP contribution in [0.5, 0.6) is 5.75 Å². The van der Waals surface area contributed by atoms with E-state index >= 15 is 0 Å². The van der Waals surface area contributed by atoms with Crippen LogP contribution in [0.4, 0.5) is 0 Å². The third kappa shape index (κ3) is 4.62. The average Bonchev–Trinajstić information content (AvgIpc) is 2.88. The van der Waals surface area contributed by atoms with Gasteiger partial charge in [0.05, 0.1) is 25.2 Å². The highest BCUT2D eigenvalue weighted by Gasteiger charge is 2.32. The Kier molecular flexibility index (Phi) is 6.51. The summed E-state index contributed by atoms with van der Waals surface area (Å²) in [5.41, 5.74) is 0.852. The second kappa shape index (κ2) is 8.64. The molecular weight excluding hydrogens is 424 g/mol. The molecule has 1 aromatic carbocycles. The van der Waals surface area contributed by atoms with Crippen LogP contribution in [0, 0.1) is 0 Å². The van der Waals surface area contributed by atoms with E-state index in [0.29, 0.717) is 15.8 Å². The molecule has 134 valence electrons. The lowest BCUT2D eigenvalue weighted by molar-refractivity contribution is -0.122. The van der Waals surface area contributed by atoms with Crippen molar-refractivity contribution in [3.05, 3.63) is 33.1 Å². The molecule has 0 N–H and O–H groups in total. The van der Waals surface area contributed by atoms with E-state index in [1.54, 1.807) is 12.0 Å². The Balaban J connectivity index is 1.71. The minimum Gasteiger partial charge on any atom is -0.496 e. The van der Waals surface area contributed by atoms with E-state index in [0.717, 1.165) is 48.6 Å². The Labute approximate surface area is 165 Å². The summed E-state index contributed by atoms with van der Waals surface area (Å²) in [6.07, 6.45) is 1.84. The van der Waals surface area contributed by atoms with Gasteiger partial charge in [-0.05, 0) is 24.3 Å². The SMILES string of the molecule is COc1ccc(Br)cc1C=C1SC(=S)N(CCN2CCOCC2)C1=O. The molecule has 0 aliphatic carbocycles. The maximum absolute atomic E-state index is 12.7. The molecule has 5 nitrogen and oxygen atoms in total. The molecule has 2 aliphatic rings. The summed E-state index contributed by atoms with van der Waals surface area (Å²) >= 11 is 10.2. The molecule has 0 unspecified atom stereocenters. The highest BCUT2D eigenvalue weighted by atomic mass is 79.9. The van der Waals surface area contributed by atoms with Crippen molar-refractivity contribution in [3.63, 3.8) is 0 Å². The lowest BCUT2D eigenvalue weighted by Gasteiger charge is -2.28. The molecule has 2 fully saturated rings. The van der Waals surface area contributed by atoms with E-state index in [4.69, 9.17) is 21.7 Å². The third-order valence-corrected chi connectivity index (χ3v) is 5.97. The molecule has 8 heteroatoms. The van der Waals surface area contributed by atoms with Gasteiger partial charge in [0.1, 0.15) is 10.1 Å². The van der Waals surface area contributed by atoms with Crippen LogP contribution < -0.4 is 4.74 Å². The Hall–Kier alpha value is -0.930. The van der Waals surface area contributed by atoms with Crippen molar-refractivity contribution in [3.8, 4) is 5.75 Å². The molecule has 0 aromatic heterocycles. The van der Waals surface area contributed by atoms with Gasteiger partial charge in [0.2, 0.25) is 0 Å². The van der Waals surface area contributed by atoms with Crippen molar-refractivity contribution in [1.29, 1.82) is 0 Å². The van der Waals surface area contributed by atoms with Gasteiger partial charge in [-0.2, -0.15) is 0 Å². The predicted octanol–water partition coefficient (Wildman–Crippen LogP) is 2.99. The second-order valence-electron chi connectivity index (χ2n) is 5.67. The number of amides is 1. The monoisotopic (exact) mass is 442 g/mol. The van der Waals surface area contributed by atoms with Crippen LogP contribution in [0.3, 0.4) is 0 Å². The average molecular weight is 443 g/mol. The van der Waals surface area contributed by atoms with E-state index in [-0.39, 0.29) is 5.91 Å². The number of hydrogen-bond acceptors (Lipinski definition) is 6. The molecule has 0 saturated carbocycles. The lowest BCUT2D eigenvalue weighted by atomic mass is 10.2. The largest absolute Gasteiger partial charge is 0.496 e. The van der Waals surface area contributed by atoms with E-state index in [1.807, 2.05) is 24.3 Å². The first-order valence-corrected chi connectivity index (χ1v) is 9.99. The van der Waals surface area contributed by atoms with Crippen LogP contribution in [-0.4, -0.2) is 66.5 Å². The summed E-state index contributed by atoms with van der Waals surface area (Å²) in [5, 5.41) is 0. The number of rotatable bonds is 5. The number of carbonyl (C=O) groups is 1. The summed E-state index contributed by atoms with van der Waals surface area (Å²) in [6, 6.07) is 5.71. The number of hydrogen-bond donors (Lipinski definition) is 0. The van der Waals surface area contributed by atoms with Gasteiger partial charge in [0.15, 0.2) is 0 Å². The van der Waals surface area contributed by atoms with Gasteiger partial charge in [-0.25, -0.2) is 0 Å². The molecule has 1 amide bonds. The van der Waals surface area contributed by atoms with Gasteiger partial charge in [-0.15, -0.1) is 0 Å². The van der Waals surface area contributed by atoms with E-state index in [1.165, 1.54) is 11.8 Å². The number of benzene rings is 1. The van der Waals surface area contributed by atoms with Crippen LogP contribution in [0.1, 0.15) is 5.56 Å². The summed E-state index contributed by atoms with van der Waals surface area (Å²) < 4.78 is 12.3. The minimum absolute atomic E-state index is 0.0368. The molecule has 2 heterocycles. The summed E-state index contributed by atoms with van der Waals surface area (Å²) in [5.74, 6) is 0.687. The molecule has 0 atom stereocenters. The Morgan fingerprint density at radius 2 is 2.12 bits per heavy atom. The van der Waals surface area contributed by atoms with Gasteiger partial charge in [0, 0.05) is 36.2 Å². The standard InChI is InChI=1S/C17H19BrN2O3S2/c1-22-14-3-2-13(18)10-12(14)11-15-16(21)20(17(24)25-15)5-4-19-6-8-23-9-7-19/h2-3,10-11H,4-9H2,1H3. The summed E-state index contributed by atoms with van der Waals surface area (Å²) in [6.45, 7) is 4.72. The fourth-order valence-corrected chi connectivity index (χ4v) is 4.40. The number of halogens is 1. The van der Waals surface area contributed by atoms with E-state index in [9.17, 15) is 4.79 Å². The normalized spacial score (nSPS) is 20.6. The number of morpholine rings is 1. The molecule has 0 bridgehead atoms. The summed E-state index contributed by atoms with van der Waals surface area (Å²) in [4.78, 5) is 17.3. The number of carbonyl (C=O) groups excluding carboxylic acids is 1. The predicted molar refractivity (Wildman–Crippen MR) is 108 cm³/mol. The fourth-order valence-electron chi connectivity index (χ4n) is 2.72. The zero-order valence-electron chi connectivity index (χ0n) is 13.9. The fraction of sp³-hybridized carbons (Fsp3) is 0.412. The van der Waals surface area contributed by atoms with E-state index < -0.39 is 0 Å². The highest BCUT2D eigenvalue weighted by Crippen LogP contribution is 2.34. The van der Waals surface area contributed by atoms with Gasteiger partial charge in [-0.1, -0.05) is 39.9 Å². The summed E-state index contributed by atoms with van der Waals surface area (Å²) in [7, 11) is 1.62. The van der Waals surface area contributed by atoms with Crippen molar-refractivity contribution in [1.82, 2.24) is 9.80 Å². The van der Waals surface area contributed by atoms with Gasteiger partial charge >= 0.3 is 0 Å². The van der Waals surface area contributed by atoms with Crippen LogP contribution >= 0.6 is 39.9 Å². The Bertz CT molecular complexity index is 705. The molecule has 2 saturated heterocycles. The molecule has 25 heavy (non-hydrogen) atoms. The number of nitrogens with zero attached hydrogens (tertiary/aromatic N) is 2. The van der Waals surface area contributed by atoms with Crippen LogP contribution in [-0.2, 0) is 9.53 Å². The molecule has 0 radical (unpaired) electrons. The molecule has 0 spiro atoms. The Morgan fingerprint density at radius 3 is 2.84 bits per heavy atom. The van der Waals surface area contributed by atoms with E-state index in [2.05, 4.69) is 20.8 Å². The molecule has 3 rings (SSSR count). The lowest BCUT2D eigenvalue weighted by Crippen LogP contribution is -2.42. The minimum atomic E-state index is -0.0368. The van der Waals surface area contributed by atoms with Gasteiger partial charge in [-0.3, -0.25) is 14.6 Å². The van der Waals surface area contributed by atoms with Crippen LogP contribution in [0.2, 0.25) is 0 Å². The topological polar surface area (TPSA) is 42.0 Å². The van der Waals surface area contributed by atoms with Crippen molar-refractivity contribution in [2.45, 2.75) is 0 Å². The third-order valence-electron chi connectivity index (χ3n) is 4.10. The number of methoxy groups -OCH3 is 1. The van der Waals surface area contributed by atoms with Crippen molar-refractivity contribution >= 4 is 56.2 Å². The highest BCUT2D eigenvalue weighted by molar-refractivity contribution is 9.10. The zero-order valence-corrected chi connectivity index (χ0v) is 17.1. The maximum Gasteiger partial charge on any atom is 0.266 e. The van der Waals surface area contributed by atoms with Crippen molar-refractivity contribution < 1.29 is 14.3 Å². The first-order chi connectivity index (χ1) is 12.1. The smallest absolute Gasteiger partial charge is 0.266 e. The van der Waals surface area contributed by atoms with Gasteiger partial charge < -0.3 is 9.47 Å². The van der Waals surface area contributed by atoms with Crippen LogP contribution in [0.15, 0.2) is 27.6 Å². The van der Waals surface area contributed by atoms with Crippen molar-refractivity contribution in [2.24, 2.45) is 0 Å². The van der Waals surface area contributed by atoms with Crippen molar-refractivity contribution in [2.75, 3.05) is 46.5 Å². The van der Waals surface area contributed by atoms with Gasteiger partial charge in [0.25, 0.3) is 5.91 Å². The van der Waals surface area contributed by atoms with Crippen LogP contribution in [0.25, 0.3) is 6.08 Å². The molecular formula is C17H19BrN2O3S2. The maximum atomic E-state index is 12.7. The first-order valence-electron chi connectivity index (χ1n) is 7.97. The number of thioether (sulfide) groups is 1. The number of ether oxygens (including phenoxy) is 2. The zero-order chi connectivity index (χ0) is 17.8. The second-order valence-corrected chi connectivity index (χ2v) is 8.27. The molecule has 2 aliphatic heterocycles. The first kappa shape index (κ1) is 18.8. The number of thiocarbonyl (C=S) groups is 1. The molecule has 1 aromatic rings. The Morgan fingerprint density at radius 1 is 1.36 bits per heavy atom.